The van der Waals surface area contributed by atoms with Gasteiger partial charge in [-0.1, -0.05) is 24.3 Å². The average Bonchev–Trinajstić information content (AvgIpc) is 2.98. The van der Waals surface area contributed by atoms with E-state index in [4.69, 9.17) is 4.98 Å². The molecule has 26 heavy (non-hydrogen) atoms. The van der Waals surface area contributed by atoms with Crippen LogP contribution >= 0.6 is 12.4 Å². The maximum atomic E-state index is 13.2. The molecular weight excluding hydrogens is 351 g/mol. The summed E-state index contributed by atoms with van der Waals surface area (Å²) in [6, 6.07) is 13.1. The molecule has 1 fully saturated rings. The van der Waals surface area contributed by atoms with Crippen molar-refractivity contribution in [2.45, 2.75) is 13.5 Å². The summed E-state index contributed by atoms with van der Waals surface area (Å²) in [6.45, 7) is 6.83. The van der Waals surface area contributed by atoms with Gasteiger partial charge in [0.05, 0.1) is 17.6 Å². The Morgan fingerprint density at radius 1 is 1.00 bits per heavy atom. The molecule has 3 aromatic rings. The average molecular weight is 375 g/mol. The van der Waals surface area contributed by atoms with Gasteiger partial charge < -0.3 is 14.4 Å². The number of nitrogens with zero attached hydrogens (tertiary/aromatic N) is 4. The second kappa shape index (κ2) is 7.64. The van der Waals surface area contributed by atoms with E-state index in [9.17, 15) is 4.39 Å². The molecule has 0 saturated carbocycles. The Balaban J connectivity index is 0.00000196. The van der Waals surface area contributed by atoms with E-state index in [2.05, 4.69) is 46.5 Å². The van der Waals surface area contributed by atoms with Crippen LogP contribution in [-0.2, 0) is 6.54 Å². The van der Waals surface area contributed by atoms with Crippen LogP contribution in [0.1, 0.15) is 11.1 Å². The minimum absolute atomic E-state index is 0. The zero-order chi connectivity index (χ0) is 17.4. The molecule has 1 saturated heterocycles. The summed E-state index contributed by atoms with van der Waals surface area (Å²) < 4.78 is 15.5. The van der Waals surface area contributed by atoms with Gasteiger partial charge >= 0.3 is 0 Å². The van der Waals surface area contributed by atoms with E-state index in [1.165, 1.54) is 17.7 Å². The minimum Gasteiger partial charge on any atom is -0.340 e. The van der Waals surface area contributed by atoms with E-state index in [0.29, 0.717) is 6.54 Å². The second-order valence-corrected chi connectivity index (χ2v) is 6.86. The van der Waals surface area contributed by atoms with Crippen molar-refractivity contribution in [2.24, 2.45) is 0 Å². The van der Waals surface area contributed by atoms with Crippen molar-refractivity contribution in [3.05, 3.63) is 59.4 Å². The van der Waals surface area contributed by atoms with Gasteiger partial charge in [0, 0.05) is 26.2 Å². The summed E-state index contributed by atoms with van der Waals surface area (Å²) in [5, 5.41) is 0. The molecule has 0 aliphatic carbocycles. The molecule has 6 heteroatoms. The molecule has 0 unspecified atom stereocenters. The van der Waals surface area contributed by atoms with E-state index < -0.39 is 0 Å². The van der Waals surface area contributed by atoms with E-state index in [1.807, 2.05) is 12.1 Å². The molecule has 0 radical (unpaired) electrons. The largest absolute Gasteiger partial charge is 0.340 e. The van der Waals surface area contributed by atoms with Crippen molar-refractivity contribution < 1.29 is 4.39 Å². The summed E-state index contributed by atoms with van der Waals surface area (Å²) >= 11 is 0. The van der Waals surface area contributed by atoms with Gasteiger partial charge in [-0.15, -0.1) is 12.4 Å². The van der Waals surface area contributed by atoms with E-state index >= 15 is 0 Å². The van der Waals surface area contributed by atoms with Crippen LogP contribution in [0.3, 0.4) is 0 Å². The summed E-state index contributed by atoms with van der Waals surface area (Å²) in [6.07, 6.45) is 0. The SMILES string of the molecule is Cc1cccc2c1nc(N1CCN(C)CC1)n2Cc1ccc(F)cc1.Cl. The normalized spacial score (nSPS) is 15.3. The van der Waals surface area contributed by atoms with Crippen LogP contribution in [0.15, 0.2) is 42.5 Å². The molecule has 1 aliphatic heterocycles. The van der Waals surface area contributed by atoms with Crippen molar-refractivity contribution in [1.82, 2.24) is 14.5 Å². The van der Waals surface area contributed by atoms with Gasteiger partial charge in [0.25, 0.3) is 0 Å². The number of halogens is 2. The van der Waals surface area contributed by atoms with Crippen LogP contribution in [0.2, 0.25) is 0 Å². The van der Waals surface area contributed by atoms with Crippen LogP contribution in [-0.4, -0.2) is 47.7 Å². The van der Waals surface area contributed by atoms with Gasteiger partial charge in [-0.2, -0.15) is 0 Å². The highest BCUT2D eigenvalue weighted by Crippen LogP contribution is 2.27. The zero-order valence-corrected chi connectivity index (χ0v) is 16.0. The molecule has 138 valence electrons. The topological polar surface area (TPSA) is 24.3 Å². The zero-order valence-electron chi connectivity index (χ0n) is 15.2. The predicted octanol–water partition coefficient (Wildman–Crippen LogP) is 3.71. The third kappa shape index (κ3) is 3.55. The standard InChI is InChI=1S/C20H23FN4.ClH/c1-15-4-3-5-18-19(15)22-20(24-12-10-23(2)11-13-24)25(18)14-16-6-8-17(21)9-7-16;/h3-9H,10-14H2,1-2H3;1H. The number of benzene rings is 2. The first-order chi connectivity index (χ1) is 12.1. The van der Waals surface area contributed by atoms with Gasteiger partial charge in [0.2, 0.25) is 5.95 Å². The summed E-state index contributed by atoms with van der Waals surface area (Å²) in [4.78, 5) is 9.68. The number of aromatic nitrogens is 2. The van der Waals surface area contributed by atoms with Crippen LogP contribution in [0, 0.1) is 12.7 Å². The number of rotatable bonds is 3. The van der Waals surface area contributed by atoms with Crippen molar-refractivity contribution in [1.29, 1.82) is 0 Å². The number of hydrogen-bond donors (Lipinski definition) is 0. The second-order valence-electron chi connectivity index (χ2n) is 6.86. The van der Waals surface area contributed by atoms with Gasteiger partial charge in [0.15, 0.2) is 0 Å². The number of piperazine rings is 1. The maximum Gasteiger partial charge on any atom is 0.206 e. The lowest BCUT2D eigenvalue weighted by Crippen LogP contribution is -2.45. The van der Waals surface area contributed by atoms with Crippen molar-refractivity contribution in [2.75, 3.05) is 38.1 Å². The maximum absolute atomic E-state index is 13.2. The number of anilines is 1. The predicted molar refractivity (Wildman–Crippen MR) is 107 cm³/mol. The highest BCUT2D eigenvalue weighted by molar-refractivity contribution is 5.85. The Morgan fingerprint density at radius 2 is 1.69 bits per heavy atom. The molecular formula is C20H24ClFN4. The molecule has 1 aliphatic rings. The van der Waals surface area contributed by atoms with Crippen LogP contribution in [0.4, 0.5) is 10.3 Å². The van der Waals surface area contributed by atoms with Gasteiger partial charge in [-0.05, 0) is 43.3 Å². The number of aryl methyl sites for hydroxylation is 1. The lowest BCUT2D eigenvalue weighted by atomic mass is 10.2. The molecule has 2 heterocycles. The van der Waals surface area contributed by atoms with Gasteiger partial charge in [-0.3, -0.25) is 0 Å². The Kier molecular flexibility index (Phi) is 5.49. The van der Waals surface area contributed by atoms with Gasteiger partial charge in [0.1, 0.15) is 5.82 Å². The fourth-order valence-electron chi connectivity index (χ4n) is 3.45. The fraction of sp³-hybridized carbons (Fsp3) is 0.350. The van der Waals surface area contributed by atoms with Crippen molar-refractivity contribution in [3.8, 4) is 0 Å². The first-order valence-corrected chi connectivity index (χ1v) is 8.75. The lowest BCUT2D eigenvalue weighted by Gasteiger charge is -2.33. The van der Waals surface area contributed by atoms with E-state index in [0.717, 1.165) is 48.7 Å². The quantitative estimate of drug-likeness (QED) is 0.698. The smallest absolute Gasteiger partial charge is 0.206 e. The van der Waals surface area contributed by atoms with Crippen molar-refractivity contribution in [3.63, 3.8) is 0 Å². The van der Waals surface area contributed by atoms with Crippen LogP contribution in [0.5, 0.6) is 0 Å². The van der Waals surface area contributed by atoms with Crippen LogP contribution < -0.4 is 4.90 Å². The molecule has 0 spiro atoms. The first kappa shape index (κ1) is 18.7. The number of likely N-dealkylation sites (N-methyl/N-ethyl adjacent to an activating group) is 1. The lowest BCUT2D eigenvalue weighted by molar-refractivity contribution is 0.310. The number of hydrogen-bond acceptors (Lipinski definition) is 3. The molecule has 0 bridgehead atoms. The Labute approximate surface area is 159 Å². The summed E-state index contributed by atoms with van der Waals surface area (Å²) in [7, 11) is 2.16. The number of fused-ring (bicyclic) bond motifs is 1. The molecule has 4 rings (SSSR count). The molecule has 2 aromatic carbocycles. The third-order valence-corrected chi connectivity index (χ3v) is 5.00. The van der Waals surface area contributed by atoms with Crippen molar-refractivity contribution >= 4 is 29.4 Å². The summed E-state index contributed by atoms with van der Waals surface area (Å²) in [5.74, 6) is 0.816. The molecule has 4 nitrogen and oxygen atoms in total. The highest BCUT2D eigenvalue weighted by Gasteiger charge is 2.21. The molecule has 0 N–H and O–H groups in total. The van der Waals surface area contributed by atoms with Crippen LogP contribution in [0.25, 0.3) is 11.0 Å². The Morgan fingerprint density at radius 3 is 2.38 bits per heavy atom. The Hall–Kier alpha value is -2.11. The fourth-order valence-corrected chi connectivity index (χ4v) is 3.45. The number of imidazole rings is 1. The third-order valence-electron chi connectivity index (χ3n) is 5.00. The monoisotopic (exact) mass is 374 g/mol. The van der Waals surface area contributed by atoms with E-state index in [-0.39, 0.29) is 18.2 Å². The minimum atomic E-state index is -0.200. The highest BCUT2D eigenvalue weighted by atomic mass is 35.5. The first-order valence-electron chi connectivity index (χ1n) is 8.75. The Bertz CT molecular complexity index is 883. The van der Waals surface area contributed by atoms with E-state index in [1.54, 1.807) is 0 Å². The van der Waals surface area contributed by atoms with Gasteiger partial charge in [-0.25, -0.2) is 9.37 Å². The molecule has 0 atom stereocenters. The summed E-state index contributed by atoms with van der Waals surface area (Å²) in [5.41, 5.74) is 4.46. The number of para-hydroxylation sites is 1. The molecule has 0 amide bonds. The molecule has 1 aromatic heterocycles.